The number of cyclic esters (lactones) is 1. The number of epoxide rings is 1. The molecule has 2 aliphatic rings. The zero-order chi connectivity index (χ0) is 26.1. The van der Waals surface area contributed by atoms with Crippen LogP contribution >= 0.6 is 11.3 Å². The van der Waals surface area contributed by atoms with Crippen molar-refractivity contribution in [1.29, 1.82) is 0 Å². The Morgan fingerprint density at radius 2 is 1.89 bits per heavy atom. The van der Waals surface area contributed by atoms with Gasteiger partial charge in [-0.15, -0.1) is 0 Å². The van der Waals surface area contributed by atoms with E-state index in [4.69, 9.17) is 9.47 Å². The highest BCUT2D eigenvalue weighted by atomic mass is 32.1. The van der Waals surface area contributed by atoms with Gasteiger partial charge in [-0.1, -0.05) is 45.5 Å². The maximum atomic E-state index is 13.2. The molecule has 3 heterocycles. The molecule has 3 N–H and O–H groups in total. The highest BCUT2D eigenvalue weighted by Gasteiger charge is 2.44. The number of aromatic nitrogens is 1. The first-order valence-electron chi connectivity index (χ1n) is 12.5. The third kappa shape index (κ3) is 6.50. The number of aliphatic hydroxyl groups excluding tert-OH is 2. The molecule has 1 aromatic heterocycles. The summed E-state index contributed by atoms with van der Waals surface area (Å²) < 4.78 is 12.7. The minimum atomic E-state index is -1.26. The molecule has 2 aliphatic heterocycles. The zero-order valence-electron chi connectivity index (χ0n) is 21.6. The Morgan fingerprint density at radius 1 is 1.20 bits per heavy atom. The molecule has 7 atom stereocenters. The van der Waals surface area contributed by atoms with Gasteiger partial charge >= 0.3 is 5.97 Å². The number of esters is 1. The zero-order valence-corrected chi connectivity index (χ0v) is 22.4. The molecule has 8 nitrogen and oxygen atoms in total. The van der Waals surface area contributed by atoms with Crippen LogP contribution in [0.25, 0.3) is 6.08 Å². The SMILES string of the molecule is C/C(=C\c1csc(C)[n+]1O)[C@@H]1C[C@@H]2O[C@@H]2CCC[C@H](C)[C@H](O)[C@@H](C)C(=O)C(C)(C)[C@@H](O)CC(=O)O1. The summed E-state index contributed by atoms with van der Waals surface area (Å²) in [5.74, 6) is -1.63. The molecular formula is C26H40NO7S+. The maximum Gasteiger partial charge on any atom is 0.309 e. The van der Waals surface area contributed by atoms with Crippen LogP contribution in [0.1, 0.15) is 77.4 Å². The first-order valence-corrected chi connectivity index (χ1v) is 13.3. The number of Topliss-reactive ketones (excluding diaryl/α,β-unsaturated/α-hetero) is 1. The molecule has 0 amide bonds. The third-order valence-corrected chi connectivity index (χ3v) is 8.54. The van der Waals surface area contributed by atoms with Crippen molar-refractivity contribution in [2.45, 2.75) is 104 Å². The van der Waals surface area contributed by atoms with Gasteiger partial charge < -0.3 is 19.7 Å². The molecule has 0 saturated carbocycles. The predicted octanol–water partition coefficient (Wildman–Crippen LogP) is 3.22. The summed E-state index contributed by atoms with van der Waals surface area (Å²) >= 11 is 1.41. The Morgan fingerprint density at radius 3 is 2.51 bits per heavy atom. The molecule has 35 heavy (non-hydrogen) atoms. The highest BCUT2D eigenvalue weighted by Crippen LogP contribution is 2.36. The Kier molecular flexibility index (Phi) is 8.78. The number of carbonyl (C=O) groups is 2. The van der Waals surface area contributed by atoms with Crippen LogP contribution in [0.15, 0.2) is 11.0 Å². The number of nitrogens with zero attached hydrogens (tertiary/aromatic N) is 1. The minimum absolute atomic E-state index is 0.0448. The number of thiazole rings is 1. The molecule has 3 rings (SSSR count). The summed E-state index contributed by atoms with van der Waals surface area (Å²) in [5.41, 5.74) is 0.122. The minimum Gasteiger partial charge on any atom is -0.458 e. The summed E-state index contributed by atoms with van der Waals surface area (Å²) in [7, 11) is 0. The summed E-state index contributed by atoms with van der Waals surface area (Å²) in [6, 6.07) is 0. The van der Waals surface area contributed by atoms with Gasteiger partial charge in [-0.25, -0.2) is 0 Å². The van der Waals surface area contributed by atoms with Crippen molar-refractivity contribution in [2.24, 2.45) is 17.3 Å². The van der Waals surface area contributed by atoms with E-state index in [1.807, 2.05) is 19.2 Å². The highest BCUT2D eigenvalue weighted by molar-refractivity contribution is 7.09. The molecule has 0 unspecified atom stereocenters. The fraction of sp³-hybridized carbons (Fsp3) is 0.731. The van der Waals surface area contributed by atoms with Crippen molar-refractivity contribution in [2.75, 3.05) is 0 Å². The van der Waals surface area contributed by atoms with Crippen LogP contribution in [0, 0.1) is 24.2 Å². The number of hydrogen-bond acceptors (Lipinski definition) is 8. The van der Waals surface area contributed by atoms with E-state index >= 15 is 0 Å². The molecule has 2 fully saturated rings. The van der Waals surface area contributed by atoms with Crippen molar-refractivity contribution < 1.29 is 39.2 Å². The van der Waals surface area contributed by atoms with E-state index in [1.165, 1.54) is 11.3 Å². The van der Waals surface area contributed by atoms with Gasteiger partial charge in [-0.2, -0.15) is 0 Å². The molecule has 0 bridgehead atoms. The topological polar surface area (TPSA) is 120 Å². The van der Waals surface area contributed by atoms with Crippen LogP contribution in [-0.4, -0.2) is 57.7 Å². The molecule has 2 saturated heterocycles. The van der Waals surface area contributed by atoms with Gasteiger partial charge in [0.15, 0.2) is 0 Å². The Labute approximate surface area is 211 Å². The Hall–Kier alpha value is -1.81. The average molecular weight is 511 g/mol. The lowest BCUT2D eigenvalue weighted by atomic mass is 9.73. The fourth-order valence-corrected chi connectivity index (χ4v) is 5.52. The number of aliphatic hydroxyl groups is 2. The first-order chi connectivity index (χ1) is 16.3. The fourth-order valence-electron chi connectivity index (χ4n) is 4.86. The van der Waals surface area contributed by atoms with Crippen LogP contribution in [0.2, 0.25) is 0 Å². The second kappa shape index (κ2) is 11.1. The normalized spacial score (nSPS) is 35.3. The van der Waals surface area contributed by atoms with Gasteiger partial charge in [-0.3, -0.25) is 14.8 Å². The van der Waals surface area contributed by atoms with Gasteiger partial charge in [0.2, 0.25) is 0 Å². The Balaban J connectivity index is 1.84. The summed E-state index contributed by atoms with van der Waals surface area (Å²) in [6.07, 6.45) is 1.72. The quantitative estimate of drug-likeness (QED) is 0.242. The number of aryl methyl sites for hydroxylation is 1. The lowest BCUT2D eigenvalue weighted by Crippen LogP contribution is -2.45. The van der Waals surface area contributed by atoms with Gasteiger partial charge in [-0.05, 0) is 31.3 Å². The molecule has 1 aromatic rings. The number of rotatable bonds is 2. The molecule has 0 spiro atoms. The number of ketones is 1. The summed E-state index contributed by atoms with van der Waals surface area (Å²) in [4.78, 5) is 26.0. The van der Waals surface area contributed by atoms with E-state index in [0.29, 0.717) is 12.1 Å². The molecule has 0 aromatic carbocycles. The lowest BCUT2D eigenvalue weighted by Gasteiger charge is -2.34. The second-order valence-corrected chi connectivity index (χ2v) is 11.9. The summed E-state index contributed by atoms with van der Waals surface area (Å²) in [6.45, 7) is 10.5. The van der Waals surface area contributed by atoms with Crippen molar-refractivity contribution in [1.82, 2.24) is 0 Å². The van der Waals surface area contributed by atoms with Crippen LogP contribution in [-0.2, 0) is 19.1 Å². The first kappa shape index (κ1) is 27.8. The van der Waals surface area contributed by atoms with Gasteiger partial charge in [0.1, 0.15) is 11.9 Å². The van der Waals surface area contributed by atoms with Crippen molar-refractivity contribution in [3.05, 3.63) is 21.7 Å². The smallest absolute Gasteiger partial charge is 0.309 e. The van der Waals surface area contributed by atoms with E-state index in [2.05, 4.69) is 0 Å². The van der Waals surface area contributed by atoms with Crippen LogP contribution < -0.4 is 4.73 Å². The van der Waals surface area contributed by atoms with E-state index < -0.39 is 35.6 Å². The molecular weight excluding hydrogens is 470 g/mol. The third-order valence-electron chi connectivity index (χ3n) is 7.67. The van der Waals surface area contributed by atoms with Crippen molar-refractivity contribution >= 4 is 29.2 Å². The lowest BCUT2D eigenvalue weighted by molar-refractivity contribution is -0.906. The number of ether oxygens (including phenoxy) is 2. The molecule has 0 aliphatic carbocycles. The Bertz CT molecular complexity index is 955. The largest absolute Gasteiger partial charge is 0.458 e. The van der Waals surface area contributed by atoms with Crippen LogP contribution in [0.4, 0.5) is 0 Å². The van der Waals surface area contributed by atoms with Crippen LogP contribution in [0.5, 0.6) is 0 Å². The van der Waals surface area contributed by atoms with Crippen molar-refractivity contribution in [3.8, 4) is 0 Å². The van der Waals surface area contributed by atoms with E-state index in [1.54, 1.807) is 33.8 Å². The maximum absolute atomic E-state index is 13.2. The number of hydrogen-bond donors (Lipinski definition) is 3. The van der Waals surface area contributed by atoms with E-state index in [0.717, 1.165) is 34.6 Å². The molecule has 0 radical (unpaired) electrons. The van der Waals surface area contributed by atoms with Crippen LogP contribution in [0.3, 0.4) is 0 Å². The predicted molar refractivity (Wildman–Crippen MR) is 131 cm³/mol. The van der Waals surface area contributed by atoms with E-state index in [9.17, 15) is 25.0 Å². The number of carbonyl (C=O) groups excluding carboxylic acids is 2. The van der Waals surface area contributed by atoms with Crippen molar-refractivity contribution in [3.63, 3.8) is 0 Å². The monoisotopic (exact) mass is 510 g/mol. The summed E-state index contributed by atoms with van der Waals surface area (Å²) in [5, 5.41) is 34.4. The molecule has 9 heteroatoms. The number of fused-ring (bicyclic) bond motifs is 1. The molecule has 196 valence electrons. The van der Waals surface area contributed by atoms with Gasteiger partial charge in [0.25, 0.3) is 10.7 Å². The second-order valence-electron chi connectivity index (χ2n) is 10.8. The average Bonchev–Trinajstić information content (AvgIpc) is 3.47. The van der Waals surface area contributed by atoms with Gasteiger partial charge in [0.05, 0.1) is 41.6 Å². The van der Waals surface area contributed by atoms with E-state index in [-0.39, 0.29) is 30.3 Å². The van der Waals surface area contributed by atoms with Gasteiger partial charge in [0, 0.05) is 30.1 Å². The standard InChI is InChI=1S/C26H40NO7S/c1-14-8-7-9-19-21(33-19)11-20(15(2)10-18-13-35-17(4)27(18)32)34-23(29)12-22(28)26(5,6)25(31)16(3)24(14)30/h10,13-14,16,19-22,24,28,30,32H,7-9,11-12H2,1-6H3/q+1/b15-10+/t14-,16+,19+,20-,21-,22-,24-/m0/s1.